The molecule has 0 spiro atoms. The molecule has 2 atom stereocenters. The zero-order valence-corrected chi connectivity index (χ0v) is 12.5. The fourth-order valence-corrected chi connectivity index (χ4v) is 4.27. The number of aliphatic hydroxyl groups excluding tert-OH is 1. The molecule has 4 heteroatoms. The van der Waals surface area contributed by atoms with Crippen LogP contribution < -0.4 is 0 Å². The average Bonchev–Trinajstić information content (AvgIpc) is 2.42. The van der Waals surface area contributed by atoms with Crippen LogP contribution in [0.2, 0.25) is 6.04 Å². The molecule has 1 aromatic rings. The van der Waals surface area contributed by atoms with E-state index in [1.807, 2.05) is 30.3 Å². The zero-order valence-electron chi connectivity index (χ0n) is 11.3. The number of hydrogen-bond donors (Lipinski definition) is 1. The van der Waals surface area contributed by atoms with Crippen molar-refractivity contribution in [1.82, 2.24) is 0 Å². The van der Waals surface area contributed by atoms with E-state index >= 15 is 0 Å². The summed E-state index contributed by atoms with van der Waals surface area (Å²) in [5.41, 5.74) is 0.572. The molecule has 1 rings (SSSR count). The first-order valence-electron chi connectivity index (χ1n) is 6.63. The fourth-order valence-electron chi connectivity index (χ4n) is 1.92. The smallest absolute Gasteiger partial charge is 0.210 e. The van der Waals surface area contributed by atoms with Crippen LogP contribution in [-0.4, -0.2) is 34.5 Å². The average molecular weight is 268 g/mol. The minimum absolute atomic E-state index is 0.409. The molecular weight excluding hydrogens is 244 g/mol. The van der Waals surface area contributed by atoms with Crippen molar-refractivity contribution >= 4 is 9.04 Å². The Morgan fingerprint density at radius 3 is 2.56 bits per heavy atom. The number of methoxy groups -OCH3 is 1. The van der Waals surface area contributed by atoms with Crippen molar-refractivity contribution in [3.63, 3.8) is 0 Å². The highest BCUT2D eigenvalue weighted by Crippen LogP contribution is 2.20. The molecule has 0 amide bonds. The molecule has 1 N–H and O–H groups in total. The fraction of sp³-hybridized carbons (Fsp3) is 0.571. The van der Waals surface area contributed by atoms with Crippen LogP contribution in [0, 0.1) is 0 Å². The van der Waals surface area contributed by atoms with Gasteiger partial charge in [-0.15, -0.1) is 0 Å². The van der Waals surface area contributed by atoms with Crippen LogP contribution in [-0.2, 0) is 9.16 Å². The maximum atomic E-state index is 10.4. The van der Waals surface area contributed by atoms with Gasteiger partial charge in [0.15, 0.2) is 0 Å². The van der Waals surface area contributed by atoms with Gasteiger partial charge in [-0.1, -0.05) is 43.7 Å². The Kier molecular flexibility index (Phi) is 7.92. The van der Waals surface area contributed by atoms with Gasteiger partial charge in [0.2, 0.25) is 9.04 Å². The number of rotatable bonds is 9. The summed E-state index contributed by atoms with van der Waals surface area (Å²) in [5, 5.41) is 10.4. The molecular formula is C14H24O3Si. The second kappa shape index (κ2) is 9.27. The van der Waals surface area contributed by atoms with Gasteiger partial charge in [-0.2, -0.15) is 0 Å². The van der Waals surface area contributed by atoms with Crippen molar-refractivity contribution < 1.29 is 14.3 Å². The van der Waals surface area contributed by atoms with E-state index in [0.29, 0.717) is 13.2 Å². The van der Waals surface area contributed by atoms with E-state index in [1.165, 1.54) is 0 Å². The Bertz CT molecular complexity index is 305. The molecule has 0 aromatic heterocycles. The maximum absolute atomic E-state index is 10.4. The van der Waals surface area contributed by atoms with E-state index in [1.54, 1.807) is 7.11 Å². The number of ether oxygens (including phenoxy) is 1. The first kappa shape index (κ1) is 15.4. The van der Waals surface area contributed by atoms with Gasteiger partial charge >= 0.3 is 0 Å². The molecule has 0 fully saturated rings. The third-order valence-electron chi connectivity index (χ3n) is 2.89. The van der Waals surface area contributed by atoms with Gasteiger partial charge in [0.25, 0.3) is 0 Å². The Balaban J connectivity index is 2.49. The van der Waals surface area contributed by atoms with Crippen molar-refractivity contribution in [2.45, 2.75) is 31.5 Å². The summed E-state index contributed by atoms with van der Waals surface area (Å²) in [6, 6.07) is 10.8. The molecule has 0 saturated heterocycles. The molecule has 0 saturated carbocycles. The van der Waals surface area contributed by atoms with Crippen molar-refractivity contribution in [3.8, 4) is 0 Å². The normalized spacial score (nSPS) is 14.4. The number of benzene rings is 1. The van der Waals surface area contributed by atoms with Crippen LogP contribution in [0.5, 0.6) is 0 Å². The van der Waals surface area contributed by atoms with Crippen molar-refractivity contribution in [1.29, 1.82) is 0 Å². The van der Waals surface area contributed by atoms with Gasteiger partial charge in [-0.05, 0) is 18.0 Å². The van der Waals surface area contributed by atoms with Gasteiger partial charge in [0.1, 0.15) is 0 Å². The molecule has 18 heavy (non-hydrogen) atoms. The summed E-state index contributed by atoms with van der Waals surface area (Å²) in [7, 11) is 0.0970. The first-order chi connectivity index (χ1) is 8.79. The summed E-state index contributed by atoms with van der Waals surface area (Å²) in [6.45, 7) is 3.54. The minimum Gasteiger partial charge on any atom is -0.417 e. The Morgan fingerprint density at radius 1 is 1.22 bits per heavy atom. The molecule has 0 bridgehead atoms. The van der Waals surface area contributed by atoms with Gasteiger partial charge in [0, 0.05) is 20.3 Å². The lowest BCUT2D eigenvalue weighted by Crippen LogP contribution is -2.28. The molecule has 0 radical (unpaired) electrons. The number of aliphatic hydroxyl groups is 1. The lowest BCUT2D eigenvalue weighted by atomic mass is 10.2. The molecule has 3 nitrogen and oxygen atoms in total. The molecule has 1 aromatic carbocycles. The van der Waals surface area contributed by atoms with Gasteiger partial charge in [-0.3, -0.25) is 0 Å². The topological polar surface area (TPSA) is 38.7 Å². The summed E-state index contributed by atoms with van der Waals surface area (Å²) in [6.07, 6.45) is 1.95. The van der Waals surface area contributed by atoms with Gasteiger partial charge in [-0.25, -0.2) is 0 Å². The van der Waals surface area contributed by atoms with Crippen molar-refractivity contribution in [2.75, 3.05) is 20.3 Å². The highest BCUT2D eigenvalue weighted by molar-refractivity contribution is 6.53. The zero-order chi connectivity index (χ0) is 13.2. The third kappa shape index (κ3) is 5.31. The van der Waals surface area contributed by atoms with Crippen molar-refractivity contribution in [2.24, 2.45) is 0 Å². The monoisotopic (exact) mass is 268 g/mol. The van der Waals surface area contributed by atoms with E-state index < -0.39 is 14.8 Å². The molecule has 0 heterocycles. The Labute approximate surface area is 111 Å². The summed E-state index contributed by atoms with van der Waals surface area (Å²) in [5.74, 6) is 0. The Morgan fingerprint density at radius 2 is 1.94 bits per heavy atom. The van der Waals surface area contributed by atoms with Crippen LogP contribution in [0.25, 0.3) is 0 Å². The van der Waals surface area contributed by atoms with Crippen LogP contribution >= 0.6 is 0 Å². The predicted molar refractivity (Wildman–Crippen MR) is 76.1 cm³/mol. The first-order valence-corrected chi connectivity index (χ1v) is 8.58. The van der Waals surface area contributed by atoms with E-state index in [9.17, 15) is 5.11 Å². The van der Waals surface area contributed by atoms with Crippen LogP contribution in [0.15, 0.2) is 30.3 Å². The minimum atomic E-state index is -1.60. The van der Waals surface area contributed by atoms with Crippen LogP contribution in [0.1, 0.15) is 31.1 Å². The molecule has 0 aliphatic heterocycles. The quantitative estimate of drug-likeness (QED) is 0.552. The van der Waals surface area contributed by atoms with Crippen LogP contribution in [0.4, 0.5) is 0 Å². The highest BCUT2D eigenvalue weighted by atomic mass is 28.3. The number of hydrogen-bond acceptors (Lipinski definition) is 3. The molecule has 0 aliphatic carbocycles. The largest absolute Gasteiger partial charge is 0.417 e. The third-order valence-corrected chi connectivity index (χ3v) is 5.79. The Hall–Kier alpha value is -0.683. The van der Waals surface area contributed by atoms with E-state index in [-0.39, 0.29) is 0 Å². The van der Waals surface area contributed by atoms with Gasteiger partial charge in [0.05, 0.1) is 5.73 Å². The highest BCUT2D eigenvalue weighted by Gasteiger charge is 2.22. The summed E-state index contributed by atoms with van der Waals surface area (Å²) in [4.78, 5) is 0. The van der Waals surface area contributed by atoms with E-state index in [2.05, 4.69) is 6.92 Å². The van der Waals surface area contributed by atoms with Crippen molar-refractivity contribution in [3.05, 3.63) is 35.9 Å². The molecule has 0 aliphatic rings. The summed E-state index contributed by atoms with van der Waals surface area (Å²) >= 11 is 0. The van der Waals surface area contributed by atoms with Crippen LogP contribution in [0.3, 0.4) is 0 Å². The maximum Gasteiger partial charge on any atom is 0.210 e. The second-order valence-corrected chi connectivity index (χ2v) is 7.02. The summed E-state index contributed by atoms with van der Waals surface area (Å²) < 4.78 is 10.9. The standard InChI is InChI=1S/C14H24O3Si/c1-3-12-18(17-11-7-10-16-2)14(15)13-8-5-4-6-9-13/h4-6,8-9,14-15,18H,3,7,10-12H2,1-2H3. The second-order valence-electron chi connectivity index (χ2n) is 4.40. The predicted octanol–water partition coefficient (Wildman–Crippen LogP) is 2.45. The molecule has 2 unspecified atom stereocenters. The SMILES string of the molecule is CCC[SiH](OCCCOC)C(O)c1ccccc1. The van der Waals surface area contributed by atoms with E-state index in [0.717, 1.165) is 24.4 Å². The van der Waals surface area contributed by atoms with Gasteiger partial charge < -0.3 is 14.3 Å². The van der Waals surface area contributed by atoms with E-state index in [4.69, 9.17) is 9.16 Å². The molecule has 102 valence electrons. The lowest BCUT2D eigenvalue weighted by Gasteiger charge is -2.21. The lowest BCUT2D eigenvalue weighted by molar-refractivity contribution is 0.160.